The normalized spacial score (nSPS) is 11.1. The van der Waals surface area contributed by atoms with E-state index in [1.165, 1.54) is 16.9 Å². The number of hydrogen-bond acceptors (Lipinski definition) is 3. The number of hydrogen-bond donors (Lipinski definition) is 0. The molecule has 0 radical (unpaired) electrons. The van der Waals surface area contributed by atoms with Crippen molar-refractivity contribution in [2.24, 2.45) is 0 Å². The Morgan fingerprint density at radius 2 is 1.90 bits per heavy atom. The molecule has 106 valence electrons. The van der Waals surface area contributed by atoms with Gasteiger partial charge in [0.1, 0.15) is 0 Å². The van der Waals surface area contributed by atoms with Crippen LogP contribution in [0, 0.1) is 0 Å². The summed E-state index contributed by atoms with van der Waals surface area (Å²) in [6, 6.07) is 10.3. The van der Waals surface area contributed by atoms with Gasteiger partial charge in [-0.25, -0.2) is 0 Å². The average molecular weight is 434 g/mol. The van der Waals surface area contributed by atoms with Gasteiger partial charge < -0.3 is 0 Å². The summed E-state index contributed by atoms with van der Waals surface area (Å²) < 4.78 is 1.86. The summed E-state index contributed by atoms with van der Waals surface area (Å²) in [5.41, 5.74) is 2.08. The highest BCUT2D eigenvalue weighted by molar-refractivity contribution is 9.12. The maximum Gasteiger partial charge on any atom is 0.175 e. The van der Waals surface area contributed by atoms with Crippen molar-refractivity contribution in [3.05, 3.63) is 49.0 Å². The topological polar surface area (TPSA) is 17.1 Å². The summed E-state index contributed by atoms with van der Waals surface area (Å²) >= 11 is 9.93. The molecular weight excluding hydrogens is 420 g/mol. The molecule has 2 rings (SSSR count). The molecule has 0 aliphatic heterocycles. The van der Waals surface area contributed by atoms with Crippen molar-refractivity contribution in [1.82, 2.24) is 0 Å². The predicted octanol–water partition coefficient (Wildman–Crippen LogP) is 6.37. The van der Waals surface area contributed by atoms with Crippen molar-refractivity contribution >= 4 is 60.7 Å². The van der Waals surface area contributed by atoms with Crippen molar-refractivity contribution in [3.63, 3.8) is 0 Å². The van der Waals surface area contributed by atoms with Crippen LogP contribution < -0.4 is 0 Å². The Kier molecular flexibility index (Phi) is 5.90. The van der Waals surface area contributed by atoms with Gasteiger partial charge in [0.25, 0.3) is 0 Å². The first-order chi connectivity index (χ1) is 9.47. The largest absolute Gasteiger partial charge is 0.293 e. The van der Waals surface area contributed by atoms with E-state index in [-0.39, 0.29) is 5.78 Å². The number of Topliss-reactive ketones (excluding diaryl/α,β-unsaturated/α-hetero) is 1. The summed E-state index contributed by atoms with van der Waals surface area (Å²) in [5, 5.41) is 0. The van der Waals surface area contributed by atoms with Gasteiger partial charge in [0.15, 0.2) is 5.78 Å². The van der Waals surface area contributed by atoms with Crippen molar-refractivity contribution in [3.8, 4) is 0 Å². The summed E-state index contributed by atoms with van der Waals surface area (Å²) in [6.45, 7) is 4.36. The highest BCUT2D eigenvalue weighted by atomic mass is 79.9. The minimum atomic E-state index is 0.150. The highest BCUT2D eigenvalue weighted by Crippen LogP contribution is 2.33. The van der Waals surface area contributed by atoms with Crippen LogP contribution in [0.4, 0.5) is 0 Å². The van der Waals surface area contributed by atoms with Crippen LogP contribution in [0.1, 0.15) is 35.7 Å². The Bertz CT molecular complexity index is 603. The molecule has 0 aliphatic rings. The van der Waals surface area contributed by atoms with Crippen LogP contribution in [0.15, 0.2) is 42.8 Å². The minimum absolute atomic E-state index is 0.150. The van der Waals surface area contributed by atoms with Crippen LogP contribution >= 0.6 is 55.0 Å². The number of carbonyl (C=O) groups excluding carboxylic acids is 1. The molecule has 0 unspecified atom stereocenters. The van der Waals surface area contributed by atoms with Crippen LogP contribution in [-0.2, 0) is 0 Å². The molecule has 5 heteroatoms. The zero-order valence-electron chi connectivity index (χ0n) is 11.2. The van der Waals surface area contributed by atoms with E-state index in [1.54, 1.807) is 11.8 Å². The zero-order chi connectivity index (χ0) is 14.7. The van der Waals surface area contributed by atoms with Crippen LogP contribution in [-0.4, -0.2) is 11.5 Å². The Hall–Kier alpha value is -0.100. The SMILES string of the molecule is CC(C)c1ccc(SCC(=O)c2cc(Br)sc2Br)cc1. The number of ketones is 1. The maximum absolute atomic E-state index is 12.2. The number of thiophene rings is 1. The van der Waals surface area contributed by atoms with Crippen LogP contribution in [0.2, 0.25) is 0 Å². The van der Waals surface area contributed by atoms with Gasteiger partial charge in [0, 0.05) is 10.5 Å². The molecule has 0 atom stereocenters. The van der Waals surface area contributed by atoms with Gasteiger partial charge in [-0.3, -0.25) is 4.79 Å². The molecule has 0 bridgehead atoms. The first-order valence-corrected chi connectivity index (χ1v) is 9.57. The first kappa shape index (κ1) is 16.3. The van der Waals surface area contributed by atoms with Gasteiger partial charge in [0.05, 0.1) is 13.3 Å². The Labute approximate surface area is 144 Å². The van der Waals surface area contributed by atoms with Gasteiger partial charge >= 0.3 is 0 Å². The monoisotopic (exact) mass is 432 g/mol. The second-order valence-electron chi connectivity index (χ2n) is 4.67. The Balaban J connectivity index is 1.98. The van der Waals surface area contributed by atoms with E-state index < -0.39 is 0 Å². The quantitative estimate of drug-likeness (QED) is 0.402. The lowest BCUT2D eigenvalue weighted by atomic mass is 10.0. The van der Waals surface area contributed by atoms with Gasteiger partial charge in [-0.2, -0.15) is 0 Å². The number of benzene rings is 1. The van der Waals surface area contributed by atoms with Gasteiger partial charge in [0.2, 0.25) is 0 Å². The lowest BCUT2D eigenvalue weighted by Crippen LogP contribution is -2.01. The van der Waals surface area contributed by atoms with Gasteiger partial charge in [-0.1, -0.05) is 26.0 Å². The third-order valence-corrected chi connectivity index (χ3v) is 6.23. The zero-order valence-corrected chi connectivity index (χ0v) is 16.0. The van der Waals surface area contributed by atoms with E-state index in [4.69, 9.17) is 0 Å². The van der Waals surface area contributed by atoms with Crippen LogP contribution in [0.5, 0.6) is 0 Å². The van der Waals surface area contributed by atoms with E-state index >= 15 is 0 Å². The van der Waals surface area contributed by atoms with Crippen molar-refractivity contribution in [1.29, 1.82) is 0 Å². The fraction of sp³-hybridized carbons (Fsp3) is 0.267. The predicted molar refractivity (Wildman–Crippen MR) is 95.3 cm³/mol. The highest BCUT2D eigenvalue weighted by Gasteiger charge is 2.14. The lowest BCUT2D eigenvalue weighted by molar-refractivity contribution is 0.102. The molecule has 0 aliphatic carbocycles. The second-order valence-corrected chi connectivity index (χ2v) is 9.47. The summed E-state index contributed by atoms with van der Waals surface area (Å²) in [5.74, 6) is 1.15. The maximum atomic E-state index is 12.2. The molecule has 2 aromatic rings. The molecule has 0 N–H and O–H groups in total. The van der Waals surface area contributed by atoms with E-state index in [0.717, 1.165) is 18.0 Å². The molecule has 1 aromatic carbocycles. The molecule has 0 spiro atoms. The number of thioether (sulfide) groups is 1. The molecule has 0 amide bonds. The first-order valence-electron chi connectivity index (χ1n) is 6.18. The van der Waals surface area contributed by atoms with Gasteiger partial charge in [-0.15, -0.1) is 23.1 Å². The Morgan fingerprint density at radius 1 is 1.25 bits per heavy atom. The number of carbonyl (C=O) groups is 1. The lowest BCUT2D eigenvalue weighted by Gasteiger charge is -2.06. The number of halogens is 2. The van der Waals surface area contributed by atoms with Crippen LogP contribution in [0.25, 0.3) is 0 Å². The summed E-state index contributed by atoms with van der Waals surface area (Å²) in [7, 11) is 0. The van der Waals surface area contributed by atoms with E-state index in [9.17, 15) is 4.79 Å². The molecule has 20 heavy (non-hydrogen) atoms. The fourth-order valence-electron chi connectivity index (χ4n) is 1.71. The molecule has 1 heterocycles. The molecule has 1 aromatic heterocycles. The third kappa shape index (κ3) is 4.20. The van der Waals surface area contributed by atoms with Crippen molar-refractivity contribution in [2.45, 2.75) is 24.7 Å². The molecule has 0 saturated carbocycles. The summed E-state index contributed by atoms with van der Waals surface area (Å²) in [4.78, 5) is 13.3. The Morgan fingerprint density at radius 3 is 2.40 bits per heavy atom. The minimum Gasteiger partial charge on any atom is -0.293 e. The fourth-order valence-corrected chi connectivity index (χ4v) is 5.34. The van der Waals surface area contributed by atoms with E-state index in [1.807, 2.05) is 6.07 Å². The third-order valence-electron chi connectivity index (χ3n) is 2.87. The molecular formula is C15H14Br2OS2. The van der Waals surface area contributed by atoms with Crippen LogP contribution in [0.3, 0.4) is 0 Å². The van der Waals surface area contributed by atoms with Gasteiger partial charge in [-0.05, 0) is 61.5 Å². The molecule has 0 saturated heterocycles. The van der Waals surface area contributed by atoms with Crippen molar-refractivity contribution in [2.75, 3.05) is 5.75 Å². The molecule has 1 nitrogen and oxygen atoms in total. The standard InChI is InChI=1S/C15H14Br2OS2/c1-9(2)10-3-5-11(6-4-10)19-8-13(18)12-7-14(16)20-15(12)17/h3-7,9H,8H2,1-2H3. The summed E-state index contributed by atoms with van der Waals surface area (Å²) in [6.07, 6.45) is 0. The van der Waals surface area contributed by atoms with E-state index in [0.29, 0.717) is 11.7 Å². The van der Waals surface area contributed by atoms with Crippen molar-refractivity contribution < 1.29 is 4.79 Å². The average Bonchev–Trinajstić information content (AvgIpc) is 2.75. The second kappa shape index (κ2) is 7.25. The number of rotatable bonds is 5. The molecule has 0 fully saturated rings. The smallest absolute Gasteiger partial charge is 0.175 e. The van der Waals surface area contributed by atoms with E-state index in [2.05, 4.69) is 70.0 Å².